The van der Waals surface area contributed by atoms with Crippen LogP contribution >= 0.6 is 15.9 Å². The van der Waals surface area contributed by atoms with E-state index in [0.29, 0.717) is 13.0 Å². The van der Waals surface area contributed by atoms with Crippen molar-refractivity contribution in [3.8, 4) is 0 Å². The Balaban J connectivity index is 2.31. The Hall–Kier alpha value is -0.870. The summed E-state index contributed by atoms with van der Waals surface area (Å²) in [7, 11) is 0. The lowest BCUT2D eigenvalue weighted by Gasteiger charge is -2.23. The maximum Gasteiger partial charge on any atom is 0.321 e. The Morgan fingerprint density at radius 1 is 1.57 bits per heavy atom. The van der Waals surface area contributed by atoms with Gasteiger partial charge in [0.1, 0.15) is 6.04 Å². The average Bonchev–Trinajstić information content (AvgIpc) is 2.17. The van der Waals surface area contributed by atoms with E-state index in [9.17, 15) is 4.79 Å². The van der Waals surface area contributed by atoms with Crippen molar-refractivity contribution in [3.63, 3.8) is 0 Å². The second-order valence-electron chi connectivity index (χ2n) is 3.35. The molecule has 1 aromatic carbocycles. The minimum atomic E-state index is -0.782. The molecule has 0 amide bonds. The largest absolute Gasteiger partial charge is 0.480 e. The summed E-state index contributed by atoms with van der Waals surface area (Å²) in [5.41, 5.74) is 2.29. The summed E-state index contributed by atoms with van der Waals surface area (Å²) in [6.07, 6.45) is 0.560. The minimum Gasteiger partial charge on any atom is -0.480 e. The van der Waals surface area contributed by atoms with Gasteiger partial charge in [-0.3, -0.25) is 10.1 Å². The molecule has 0 aromatic heterocycles. The first-order valence-electron chi connectivity index (χ1n) is 4.41. The van der Waals surface area contributed by atoms with Crippen LogP contribution in [0.1, 0.15) is 11.1 Å². The van der Waals surface area contributed by atoms with Crippen molar-refractivity contribution in [1.29, 1.82) is 0 Å². The van der Waals surface area contributed by atoms with Crippen LogP contribution < -0.4 is 5.32 Å². The fraction of sp³-hybridized carbons (Fsp3) is 0.300. The molecule has 2 rings (SSSR count). The van der Waals surface area contributed by atoms with Crippen LogP contribution in [0.15, 0.2) is 22.7 Å². The number of benzene rings is 1. The van der Waals surface area contributed by atoms with Gasteiger partial charge in [-0.25, -0.2) is 0 Å². The van der Waals surface area contributed by atoms with E-state index in [0.717, 1.165) is 10.0 Å². The van der Waals surface area contributed by atoms with Crippen molar-refractivity contribution in [3.05, 3.63) is 33.8 Å². The quantitative estimate of drug-likeness (QED) is 0.801. The molecule has 1 heterocycles. The van der Waals surface area contributed by atoms with E-state index in [1.807, 2.05) is 18.2 Å². The number of carboxylic acids is 1. The lowest BCUT2D eigenvalue weighted by molar-refractivity contribution is -0.139. The number of nitrogens with one attached hydrogen (secondary N) is 1. The van der Waals surface area contributed by atoms with Gasteiger partial charge >= 0.3 is 5.97 Å². The molecule has 14 heavy (non-hydrogen) atoms. The van der Waals surface area contributed by atoms with Gasteiger partial charge in [-0.05, 0) is 23.6 Å². The van der Waals surface area contributed by atoms with Crippen LogP contribution in [0.4, 0.5) is 0 Å². The molecule has 0 saturated carbocycles. The second kappa shape index (κ2) is 3.71. The zero-order valence-corrected chi connectivity index (χ0v) is 9.04. The third kappa shape index (κ3) is 1.67. The number of rotatable bonds is 1. The Bertz CT molecular complexity index is 378. The topological polar surface area (TPSA) is 49.3 Å². The van der Waals surface area contributed by atoms with Crippen molar-refractivity contribution >= 4 is 21.9 Å². The van der Waals surface area contributed by atoms with Crippen molar-refractivity contribution in [2.24, 2.45) is 0 Å². The standard InChI is InChI=1S/C10H10BrNO2/c11-8-3-1-2-6-4-9(10(13)14)12-5-7(6)8/h1-3,9,12H,4-5H2,(H,13,14)/t9-/m0/s1. The van der Waals surface area contributed by atoms with Crippen LogP contribution in [-0.4, -0.2) is 17.1 Å². The van der Waals surface area contributed by atoms with Gasteiger partial charge in [-0.2, -0.15) is 0 Å². The van der Waals surface area contributed by atoms with Gasteiger partial charge in [-0.15, -0.1) is 0 Å². The number of hydrogen-bond acceptors (Lipinski definition) is 2. The number of hydrogen-bond donors (Lipinski definition) is 2. The highest BCUT2D eigenvalue weighted by Crippen LogP contribution is 2.24. The molecule has 0 radical (unpaired) electrons. The van der Waals surface area contributed by atoms with Gasteiger partial charge in [0.25, 0.3) is 0 Å². The minimum absolute atomic E-state index is 0.447. The molecular weight excluding hydrogens is 246 g/mol. The zero-order chi connectivity index (χ0) is 10.1. The highest BCUT2D eigenvalue weighted by atomic mass is 79.9. The van der Waals surface area contributed by atoms with E-state index in [4.69, 9.17) is 5.11 Å². The van der Waals surface area contributed by atoms with Crippen molar-refractivity contribution < 1.29 is 9.90 Å². The smallest absolute Gasteiger partial charge is 0.321 e. The Morgan fingerprint density at radius 3 is 3.07 bits per heavy atom. The highest BCUT2D eigenvalue weighted by Gasteiger charge is 2.24. The fourth-order valence-corrected chi connectivity index (χ4v) is 2.23. The molecule has 1 aliphatic rings. The fourth-order valence-electron chi connectivity index (χ4n) is 1.68. The molecule has 0 saturated heterocycles. The molecule has 74 valence electrons. The maximum absolute atomic E-state index is 10.8. The van der Waals surface area contributed by atoms with E-state index in [2.05, 4.69) is 21.2 Å². The van der Waals surface area contributed by atoms with E-state index in [-0.39, 0.29) is 0 Å². The second-order valence-corrected chi connectivity index (χ2v) is 4.21. The average molecular weight is 256 g/mol. The number of halogens is 1. The molecule has 3 nitrogen and oxygen atoms in total. The molecule has 2 N–H and O–H groups in total. The molecule has 1 aromatic rings. The molecular formula is C10H10BrNO2. The Labute approximate surface area is 90.3 Å². The first kappa shape index (κ1) is 9.68. The van der Waals surface area contributed by atoms with E-state index >= 15 is 0 Å². The van der Waals surface area contributed by atoms with Crippen LogP contribution in [0.5, 0.6) is 0 Å². The summed E-state index contributed by atoms with van der Waals surface area (Å²) in [4.78, 5) is 10.8. The van der Waals surface area contributed by atoms with Gasteiger partial charge in [0, 0.05) is 11.0 Å². The number of carboxylic acid groups (broad SMARTS) is 1. The summed E-state index contributed by atoms with van der Waals surface area (Å²) in [6, 6.07) is 5.45. The van der Waals surface area contributed by atoms with E-state index in [1.54, 1.807) is 0 Å². The first-order chi connectivity index (χ1) is 6.68. The SMILES string of the molecule is O=C(O)[C@@H]1Cc2cccc(Br)c2CN1. The summed E-state index contributed by atoms with van der Waals surface area (Å²) < 4.78 is 1.05. The normalized spacial score (nSPS) is 20.2. The molecule has 0 spiro atoms. The van der Waals surface area contributed by atoms with Crippen LogP contribution in [-0.2, 0) is 17.8 Å². The molecule has 4 heteroatoms. The molecule has 0 fully saturated rings. The third-order valence-corrected chi connectivity index (χ3v) is 3.21. The van der Waals surface area contributed by atoms with Crippen molar-refractivity contribution in [1.82, 2.24) is 5.32 Å². The molecule has 0 unspecified atom stereocenters. The maximum atomic E-state index is 10.8. The van der Waals surface area contributed by atoms with Crippen LogP contribution in [0, 0.1) is 0 Å². The van der Waals surface area contributed by atoms with E-state index in [1.165, 1.54) is 5.56 Å². The van der Waals surface area contributed by atoms with Crippen LogP contribution in [0.3, 0.4) is 0 Å². The van der Waals surface area contributed by atoms with E-state index < -0.39 is 12.0 Å². The zero-order valence-electron chi connectivity index (χ0n) is 7.46. The molecule has 0 aliphatic carbocycles. The highest BCUT2D eigenvalue weighted by molar-refractivity contribution is 9.10. The van der Waals surface area contributed by atoms with Gasteiger partial charge < -0.3 is 5.11 Å². The summed E-state index contributed by atoms with van der Waals surface area (Å²) >= 11 is 3.45. The first-order valence-corrected chi connectivity index (χ1v) is 5.20. The lowest BCUT2D eigenvalue weighted by atomic mass is 9.96. The van der Waals surface area contributed by atoms with Gasteiger partial charge in [0.15, 0.2) is 0 Å². The predicted octanol–water partition coefficient (Wildman–Crippen LogP) is 1.55. The summed E-state index contributed by atoms with van der Waals surface area (Å²) in [5.74, 6) is -0.782. The lowest BCUT2D eigenvalue weighted by Crippen LogP contribution is -2.41. The number of fused-ring (bicyclic) bond motifs is 1. The Morgan fingerprint density at radius 2 is 2.36 bits per heavy atom. The predicted molar refractivity (Wildman–Crippen MR) is 56.1 cm³/mol. The third-order valence-electron chi connectivity index (χ3n) is 2.46. The molecule has 0 bridgehead atoms. The van der Waals surface area contributed by atoms with Gasteiger partial charge in [0.2, 0.25) is 0 Å². The van der Waals surface area contributed by atoms with Crippen LogP contribution in [0.2, 0.25) is 0 Å². The van der Waals surface area contributed by atoms with Crippen LogP contribution in [0.25, 0.3) is 0 Å². The van der Waals surface area contributed by atoms with Gasteiger partial charge in [0.05, 0.1) is 0 Å². The van der Waals surface area contributed by atoms with Crippen molar-refractivity contribution in [2.75, 3.05) is 0 Å². The number of carbonyl (C=O) groups is 1. The Kier molecular flexibility index (Phi) is 2.56. The molecule has 1 aliphatic heterocycles. The monoisotopic (exact) mass is 255 g/mol. The van der Waals surface area contributed by atoms with Crippen molar-refractivity contribution in [2.45, 2.75) is 19.0 Å². The summed E-state index contributed by atoms with van der Waals surface area (Å²) in [5, 5.41) is 11.8. The van der Waals surface area contributed by atoms with Gasteiger partial charge in [-0.1, -0.05) is 28.1 Å². The number of aliphatic carboxylic acids is 1. The summed E-state index contributed by atoms with van der Waals surface area (Å²) in [6.45, 7) is 0.619. The molecule has 1 atom stereocenters.